The number of rotatable bonds is 7. The second-order valence-corrected chi connectivity index (χ2v) is 10.7. The van der Waals surface area contributed by atoms with Crippen molar-refractivity contribution in [2.24, 2.45) is 0 Å². The summed E-state index contributed by atoms with van der Waals surface area (Å²) >= 11 is 0. The van der Waals surface area contributed by atoms with E-state index in [1.807, 2.05) is 68.4 Å². The number of hydrogen-bond acceptors (Lipinski definition) is 3. The van der Waals surface area contributed by atoms with E-state index in [0.717, 1.165) is 41.5 Å². The van der Waals surface area contributed by atoms with Crippen LogP contribution in [0.2, 0.25) is 0 Å². The van der Waals surface area contributed by atoms with Gasteiger partial charge in [-0.15, -0.1) is 0 Å². The van der Waals surface area contributed by atoms with E-state index in [4.69, 9.17) is 0 Å². The number of nitrogens with zero attached hydrogens (tertiary/aromatic N) is 1. The molecule has 0 saturated carbocycles. The minimum atomic E-state index is -3.86. The van der Waals surface area contributed by atoms with Gasteiger partial charge in [0.05, 0.1) is 17.5 Å². The molecule has 4 rings (SSSR count). The van der Waals surface area contributed by atoms with Crippen LogP contribution in [0.1, 0.15) is 46.7 Å². The van der Waals surface area contributed by atoms with Crippen LogP contribution in [0.4, 0.5) is 0 Å². The largest absolute Gasteiger partial charge is 0.348 e. The second-order valence-electron chi connectivity index (χ2n) is 8.72. The van der Waals surface area contributed by atoms with Crippen molar-refractivity contribution in [3.8, 4) is 0 Å². The standard InChI is InChI=1S/C27H30N2O3S/c1-20-15-16-24(17-21(20)2)33(31,32)29(18-22-9-4-3-5-10-22)19-27(30)28-26-14-8-12-23-11-6-7-13-25(23)26/h3-7,9-11,13,15-17,26H,8,12,14,18-19H2,1-2H3,(H,28,30). The third kappa shape index (κ3) is 5.34. The van der Waals surface area contributed by atoms with Crippen LogP contribution in [0.3, 0.4) is 0 Å². The van der Waals surface area contributed by atoms with E-state index in [1.165, 1.54) is 9.87 Å². The van der Waals surface area contributed by atoms with Crippen LogP contribution in [-0.4, -0.2) is 25.2 Å². The van der Waals surface area contributed by atoms with Crippen LogP contribution in [0.15, 0.2) is 77.7 Å². The number of sulfonamides is 1. The molecule has 172 valence electrons. The summed E-state index contributed by atoms with van der Waals surface area (Å²) in [5, 5.41) is 3.09. The van der Waals surface area contributed by atoms with E-state index in [2.05, 4.69) is 11.4 Å². The SMILES string of the molecule is Cc1ccc(S(=O)(=O)N(CC(=O)NC2CCCc3ccccc32)Cc2ccccc2)cc1C. The number of amides is 1. The zero-order chi connectivity index (χ0) is 23.4. The average Bonchev–Trinajstić information content (AvgIpc) is 2.81. The van der Waals surface area contributed by atoms with Gasteiger partial charge in [-0.25, -0.2) is 8.42 Å². The van der Waals surface area contributed by atoms with E-state index in [-0.39, 0.29) is 29.9 Å². The molecule has 1 aliphatic rings. The van der Waals surface area contributed by atoms with Gasteiger partial charge in [-0.05, 0) is 73.1 Å². The minimum absolute atomic E-state index is 0.0923. The first-order valence-electron chi connectivity index (χ1n) is 11.3. The summed E-state index contributed by atoms with van der Waals surface area (Å²) in [4.78, 5) is 13.3. The summed E-state index contributed by atoms with van der Waals surface area (Å²) in [7, 11) is -3.86. The number of hydrogen-bond donors (Lipinski definition) is 1. The highest BCUT2D eigenvalue weighted by Gasteiger charge is 2.29. The van der Waals surface area contributed by atoms with Crippen LogP contribution in [0.5, 0.6) is 0 Å². The predicted octanol–water partition coefficient (Wildman–Crippen LogP) is 4.69. The monoisotopic (exact) mass is 462 g/mol. The Bertz CT molecular complexity index is 1240. The maximum absolute atomic E-state index is 13.6. The normalized spacial score (nSPS) is 15.8. The van der Waals surface area contributed by atoms with Crippen LogP contribution in [0.25, 0.3) is 0 Å². The van der Waals surface area contributed by atoms with Crippen molar-refractivity contribution >= 4 is 15.9 Å². The Morgan fingerprint density at radius 1 is 0.970 bits per heavy atom. The Kier molecular flexibility index (Phi) is 6.96. The van der Waals surface area contributed by atoms with Gasteiger partial charge in [-0.1, -0.05) is 60.7 Å². The summed E-state index contributed by atoms with van der Waals surface area (Å²) < 4.78 is 28.4. The molecule has 3 aromatic rings. The molecule has 1 amide bonds. The fourth-order valence-corrected chi connectivity index (χ4v) is 5.81. The number of benzene rings is 3. The van der Waals surface area contributed by atoms with Crippen LogP contribution < -0.4 is 5.32 Å². The van der Waals surface area contributed by atoms with Crippen molar-refractivity contribution in [2.45, 2.75) is 50.6 Å². The summed E-state index contributed by atoms with van der Waals surface area (Å²) in [5.41, 5.74) is 5.14. The molecule has 6 heteroatoms. The number of nitrogens with one attached hydrogen (secondary N) is 1. The van der Waals surface area contributed by atoms with Crippen LogP contribution in [-0.2, 0) is 27.8 Å². The summed E-state index contributed by atoms with van der Waals surface area (Å²) in [6.45, 7) is 3.74. The highest BCUT2D eigenvalue weighted by Crippen LogP contribution is 2.29. The van der Waals surface area contributed by atoms with E-state index >= 15 is 0 Å². The lowest BCUT2D eigenvalue weighted by atomic mass is 9.88. The van der Waals surface area contributed by atoms with Gasteiger partial charge in [0.2, 0.25) is 15.9 Å². The molecular weight excluding hydrogens is 432 g/mol. The molecule has 33 heavy (non-hydrogen) atoms. The first-order valence-corrected chi connectivity index (χ1v) is 12.8. The molecule has 0 aliphatic heterocycles. The van der Waals surface area contributed by atoms with Crippen molar-refractivity contribution in [2.75, 3.05) is 6.54 Å². The summed E-state index contributed by atoms with van der Waals surface area (Å²) in [6, 6.07) is 22.5. The Hall–Kier alpha value is -2.96. The molecule has 1 unspecified atom stereocenters. The van der Waals surface area contributed by atoms with Crippen LogP contribution >= 0.6 is 0 Å². The molecule has 0 aromatic heterocycles. The van der Waals surface area contributed by atoms with E-state index < -0.39 is 10.0 Å². The Balaban J connectivity index is 1.59. The maximum atomic E-state index is 13.6. The lowest BCUT2D eigenvalue weighted by Gasteiger charge is -2.28. The molecule has 0 heterocycles. The highest BCUT2D eigenvalue weighted by atomic mass is 32.2. The first-order chi connectivity index (χ1) is 15.8. The minimum Gasteiger partial charge on any atom is -0.348 e. The van der Waals surface area contributed by atoms with Crippen molar-refractivity contribution < 1.29 is 13.2 Å². The maximum Gasteiger partial charge on any atom is 0.243 e. The van der Waals surface area contributed by atoms with Crippen molar-refractivity contribution in [3.63, 3.8) is 0 Å². The van der Waals surface area contributed by atoms with Crippen molar-refractivity contribution in [3.05, 3.63) is 101 Å². The zero-order valence-electron chi connectivity index (χ0n) is 19.1. The number of carbonyl (C=O) groups is 1. The number of carbonyl (C=O) groups excluding carboxylic acids is 1. The fourth-order valence-electron chi connectivity index (χ4n) is 4.34. The van der Waals surface area contributed by atoms with Gasteiger partial charge in [0.15, 0.2) is 0 Å². The first kappa shape index (κ1) is 23.2. The quantitative estimate of drug-likeness (QED) is 0.554. The molecule has 0 saturated heterocycles. The molecule has 5 nitrogen and oxygen atoms in total. The third-order valence-electron chi connectivity index (χ3n) is 6.34. The highest BCUT2D eigenvalue weighted by molar-refractivity contribution is 7.89. The van der Waals surface area contributed by atoms with Gasteiger partial charge >= 0.3 is 0 Å². The average molecular weight is 463 g/mol. The van der Waals surface area contributed by atoms with Gasteiger partial charge < -0.3 is 5.32 Å². The summed E-state index contributed by atoms with van der Waals surface area (Å²) in [5.74, 6) is -0.292. The van der Waals surface area contributed by atoms with Gasteiger partial charge in [0.1, 0.15) is 0 Å². The lowest BCUT2D eigenvalue weighted by molar-refractivity contribution is -0.122. The molecule has 0 fully saturated rings. The van der Waals surface area contributed by atoms with E-state index in [0.29, 0.717) is 0 Å². The van der Waals surface area contributed by atoms with Crippen molar-refractivity contribution in [1.82, 2.24) is 9.62 Å². The topological polar surface area (TPSA) is 66.5 Å². The second kappa shape index (κ2) is 9.89. The lowest BCUT2D eigenvalue weighted by Crippen LogP contribution is -2.42. The smallest absolute Gasteiger partial charge is 0.243 e. The zero-order valence-corrected chi connectivity index (χ0v) is 19.9. The van der Waals surface area contributed by atoms with Crippen molar-refractivity contribution in [1.29, 1.82) is 0 Å². The van der Waals surface area contributed by atoms with Gasteiger partial charge in [0, 0.05) is 6.54 Å². The molecule has 0 bridgehead atoms. The predicted molar refractivity (Wildman–Crippen MR) is 130 cm³/mol. The van der Waals surface area contributed by atoms with Crippen LogP contribution in [0, 0.1) is 13.8 Å². The van der Waals surface area contributed by atoms with E-state index in [1.54, 1.807) is 12.1 Å². The van der Waals surface area contributed by atoms with E-state index in [9.17, 15) is 13.2 Å². The molecular formula is C27H30N2O3S. The van der Waals surface area contributed by atoms with Gasteiger partial charge in [-0.2, -0.15) is 4.31 Å². The number of aryl methyl sites for hydroxylation is 3. The Morgan fingerprint density at radius 3 is 2.45 bits per heavy atom. The molecule has 1 atom stereocenters. The molecule has 0 radical (unpaired) electrons. The molecule has 0 spiro atoms. The Labute approximate surface area is 196 Å². The Morgan fingerprint density at radius 2 is 1.70 bits per heavy atom. The van der Waals surface area contributed by atoms with Gasteiger partial charge in [0.25, 0.3) is 0 Å². The molecule has 1 N–H and O–H groups in total. The third-order valence-corrected chi connectivity index (χ3v) is 8.13. The fraction of sp³-hybridized carbons (Fsp3) is 0.296. The molecule has 1 aliphatic carbocycles. The number of fused-ring (bicyclic) bond motifs is 1. The summed E-state index contributed by atoms with van der Waals surface area (Å²) in [6.07, 6.45) is 2.85. The van der Waals surface area contributed by atoms with Gasteiger partial charge in [-0.3, -0.25) is 4.79 Å². The molecule has 3 aromatic carbocycles.